The number of nitrogen functional groups attached to an aromatic ring is 1. The van der Waals surface area contributed by atoms with Crippen LogP contribution in [0, 0.1) is 12.7 Å². The summed E-state index contributed by atoms with van der Waals surface area (Å²) in [6, 6.07) is 3.71. The summed E-state index contributed by atoms with van der Waals surface area (Å²) in [5.74, 6) is -0.689. The molecular weight excluding hydrogens is 385 g/mol. The Kier molecular flexibility index (Phi) is 4.40. The zero-order valence-corrected chi connectivity index (χ0v) is 13.9. The molecule has 112 valence electrons. The molecule has 0 fully saturated rings. The fraction of sp³-hybridized carbons (Fsp3) is 0.0833. The van der Waals surface area contributed by atoms with Crippen LogP contribution in [0.1, 0.15) is 5.56 Å². The van der Waals surface area contributed by atoms with E-state index in [0.29, 0.717) is 4.47 Å². The van der Waals surface area contributed by atoms with E-state index >= 15 is 0 Å². The molecule has 0 bridgehead atoms. The van der Waals surface area contributed by atoms with Crippen LogP contribution in [-0.4, -0.2) is 13.4 Å². The van der Waals surface area contributed by atoms with Gasteiger partial charge in [-0.15, -0.1) is 0 Å². The summed E-state index contributed by atoms with van der Waals surface area (Å²) < 4.78 is 41.0. The minimum absolute atomic E-state index is 0.0160. The van der Waals surface area contributed by atoms with Gasteiger partial charge in [0.25, 0.3) is 10.0 Å². The average molecular weight is 395 g/mol. The first-order valence-corrected chi connectivity index (χ1v) is 8.25. The summed E-state index contributed by atoms with van der Waals surface area (Å²) in [7, 11) is -3.99. The molecular formula is C12H10BrClFN3O2S. The second kappa shape index (κ2) is 5.78. The zero-order valence-electron chi connectivity index (χ0n) is 10.7. The maximum Gasteiger partial charge on any atom is 0.262 e. The molecule has 0 radical (unpaired) electrons. The zero-order chi connectivity index (χ0) is 15.8. The first-order valence-electron chi connectivity index (χ1n) is 5.60. The van der Waals surface area contributed by atoms with E-state index in [4.69, 9.17) is 17.3 Å². The smallest absolute Gasteiger partial charge is 0.262 e. The Labute approximate surface area is 134 Å². The monoisotopic (exact) mass is 393 g/mol. The highest BCUT2D eigenvalue weighted by Gasteiger charge is 2.20. The van der Waals surface area contributed by atoms with Crippen molar-refractivity contribution < 1.29 is 12.8 Å². The molecule has 0 spiro atoms. The molecule has 0 saturated heterocycles. The Morgan fingerprint density at radius 3 is 2.67 bits per heavy atom. The summed E-state index contributed by atoms with van der Waals surface area (Å²) >= 11 is 8.87. The third kappa shape index (κ3) is 3.45. The summed E-state index contributed by atoms with van der Waals surface area (Å²) in [5.41, 5.74) is 5.69. The van der Waals surface area contributed by atoms with Crippen LogP contribution in [-0.2, 0) is 10.0 Å². The molecule has 2 aromatic rings. The average Bonchev–Trinajstić information content (AvgIpc) is 2.37. The lowest BCUT2D eigenvalue weighted by molar-refractivity contribution is 0.591. The van der Waals surface area contributed by atoms with Crippen LogP contribution < -0.4 is 10.5 Å². The number of rotatable bonds is 3. The van der Waals surface area contributed by atoms with Gasteiger partial charge >= 0.3 is 0 Å². The van der Waals surface area contributed by atoms with Gasteiger partial charge in [0, 0.05) is 11.3 Å². The van der Waals surface area contributed by atoms with E-state index in [1.807, 2.05) is 0 Å². The number of benzene rings is 1. The summed E-state index contributed by atoms with van der Waals surface area (Å²) in [6.07, 6.45) is 1.25. The number of pyridine rings is 1. The molecule has 0 aliphatic heterocycles. The van der Waals surface area contributed by atoms with Crippen molar-refractivity contribution in [1.29, 1.82) is 0 Å². The molecule has 0 atom stereocenters. The second-order valence-electron chi connectivity index (χ2n) is 4.23. The van der Waals surface area contributed by atoms with Crippen LogP contribution in [0.15, 0.2) is 33.8 Å². The molecule has 0 aliphatic rings. The highest BCUT2D eigenvalue weighted by Crippen LogP contribution is 2.27. The Morgan fingerprint density at radius 1 is 1.38 bits per heavy atom. The van der Waals surface area contributed by atoms with E-state index in [0.717, 1.165) is 6.07 Å². The fourth-order valence-electron chi connectivity index (χ4n) is 1.64. The van der Waals surface area contributed by atoms with E-state index < -0.39 is 15.8 Å². The molecule has 2 rings (SSSR count). The van der Waals surface area contributed by atoms with Crippen molar-refractivity contribution in [2.75, 3.05) is 10.5 Å². The van der Waals surface area contributed by atoms with Crippen molar-refractivity contribution >= 4 is 48.9 Å². The molecule has 1 heterocycles. The fourth-order valence-corrected chi connectivity index (χ4v) is 3.42. The molecule has 0 amide bonds. The van der Waals surface area contributed by atoms with Crippen LogP contribution in [0.4, 0.5) is 15.8 Å². The number of nitrogens with one attached hydrogen (secondary N) is 1. The third-order valence-corrected chi connectivity index (χ3v) is 5.30. The lowest BCUT2D eigenvalue weighted by Gasteiger charge is -2.12. The summed E-state index contributed by atoms with van der Waals surface area (Å²) in [6.45, 7) is 1.36. The molecule has 1 aromatic heterocycles. The summed E-state index contributed by atoms with van der Waals surface area (Å²) in [4.78, 5) is 3.58. The molecule has 21 heavy (non-hydrogen) atoms. The van der Waals surface area contributed by atoms with Gasteiger partial charge in [0.1, 0.15) is 11.0 Å². The number of hydrogen-bond acceptors (Lipinski definition) is 4. The Morgan fingerprint density at radius 2 is 2.05 bits per heavy atom. The Balaban J connectivity index is 2.45. The number of hydrogen-bond donors (Lipinski definition) is 2. The maximum atomic E-state index is 13.6. The van der Waals surface area contributed by atoms with E-state index in [1.54, 1.807) is 0 Å². The van der Waals surface area contributed by atoms with Gasteiger partial charge in [0.15, 0.2) is 0 Å². The van der Waals surface area contributed by atoms with Gasteiger partial charge < -0.3 is 5.73 Å². The minimum atomic E-state index is -3.99. The van der Waals surface area contributed by atoms with E-state index in [1.165, 1.54) is 25.3 Å². The van der Waals surface area contributed by atoms with Crippen LogP contribution >= 0.6 is 27.5 Å². The number of nitrogens with zero attached hydrogens (tertiary/aromatic N) is 1. The van der Waals surface area contributed by atoms with Crippen molar-refractivity contribution in [3.8, 4) is 0 Å². The quantitative estimate of drug-likeness (QED) is 0.618. The van der Waals surface area contributed by atoms with Gasteiger partial charge in [-0.1, -0.05) is 11.6 Å². The van der Waals surface area contributed by atoms with Gasteiger partial charge in [-0.3, -0.25) is 4.72 Å². The van der Waals surface area contributed by atoms with Crippen LogP contribution in [0.3, 0.4) is 0 Å². The second-order valence-corrected chi connectivity index (χ2v) is 7.09. The van der Waals surface area contributed by atoms with Crippen LogP contribution in [0.25, 0.3) is 0 Å². The molecule has 0 unspecified atom stereocenters. The lowest BCUT2D eigenvalue weighted by atomic mass is 10.2. The van der Waals surface area contributed by atoms with Crippen molar-refractivity contribution in [3.05, 3.63) is 45.4 Å². The van der Waals surface area contributed by atoms with E-state index in [9.17, 15) is 12.8 Å². The van der Waals surface area contributed by atoms with Gasteiger partial charge in [-0.05, 0) is 41.1 Å². The molecule has 1 aromatic carbocycles. The van der Waals surface area contributed by atoms with Gasteiger partial charge in [0.2, 0.25) is 0 Å². The molecule has 9 heteroatoms. The SMILES string of the molecule is Cc1c(F)cc(N)cc1S(=O)(=O)Nc1cnc(Cl)c(Br)c1. The van der Waals surface area contributed by atoms with Crippen LogP contribution in [0.2, 0.25) is 5.15 Å². The van der Waals surface area contributed by atoms with Crippen LogP contribution in [0.5, 0.6) is 0 Å². The maximum absolute atomic E-state index is 13.6. The minimum Gasteiger partial charge on any atom is -0.399 e. The van der Waals surface area contributed by atoms with Crippen molar-refractivity contribution in [2.45, 2.75) is 11.8 Å². The first-order chi connectivity index (χ1) is 9.70. The number of anilines is 2. The molecule has 0 aliphatic carbocycles. The lowest BCUT2D eigenvalue weighted by Crippen LogP contribution is -2.15. The highest BCUT2D eigenvalue weighted by molar-refractivity contribution is 9.10. The summed E-state index contributed by atoms with van der Waals surface area (Å²) in [5, 5.41) is 0.198. The molecule has 3 N–H and O–H groups in total. The standard InChI is InChI=1S/C12H10BrClFN3O2S/c1-6-10(15)2-7(16)3-11(6)21(19,20)18-8-4-9(13)12(14)17-5-8/h2-5,18H,16H2,1H3. The van der Waals surface area contributed by atoms with E-state index in [2.05, 4.69) is 25.6 Å². The van der Waals surface area contributed by atoms with Gasteiger partial charge in [-0.2, -0.15) is 0 Å². The van der Waals surface area contributed by atoms with Crippen molar-refractivity contribution in [1.82, 2.24) is 4.98 Å². The first kappa shape index (κ1) is 16.0. The highest BCUT2D eigenvalue weighted by atomic mass is 79.9. The molecule has 0 saturated carbocycles. The largest absolute Gasteiger partial charge is 0.399 e. The normalized spacial score (nSPS) is 11.4. The Hall–Kier alpha value is -1.38. The Bertz CT molecular complexity index is 814. The molecule has 5 nitrogen and oxygen atoms in total. The predicted molar refractivity (Wildman–Crippen MR) is 83.3 cm³/mol. The topological polar surface area (TPSA) is 85.1 Å². The van der Waals surface area contributed by atoms with Crippen molar-refractivity contribution in [3.63, 3.8) is 0 Å². The van der Waals surface area contributed by atoms with Gasteiger partial charge in [-0.25, -0.2) is 17.8 Å². The predicted octanol–water partition coefficient (Wildman–Crippen LogP) is 3.33. The number of nitrogens with two attached hydrogens (primary N) is 1. The number of sulfonamides is 1. The number of halogens is 3. The van der Waals surface area contributed by atoms with E-state index in [-0.39, 0.29) is 27.0 Å². The number of aromatic nitrogens is 1. The third-order valence-electron chi connectivity index (χ3n) is 2.66. The van der Waals surface area contributed by atoms with Gasteiger partial charge in [0.05, 0.1) is 21.3 Å². The van der Waals surface area contributed by atoms with Crippen molar-refractivity contribution in [2.24, 2.45) is 0 Å².